The van der Waals surface area contributed by atoms with E-state index in [1.54, 1.807) is 11.3 Å². The van der Waals surface area contributed by atoms with Crippen LogP contribution in [0.1, 0.15) is 35.6 Å². The summed E-state index contributed by atoms with van der Waals surface area (Å²) in [6, 6.07) is 4.03. The lowest BCUT2D eigenvalue weighted by Crippen LogP contribution is -2.47. The first-order chi connectivity index (χ1) is 12.1. The summed E-state index contributed by atoms with van der Waals surface area (Å²) >= 11 is 1.64. The molecule has 1 N–H and O–H groups in total. The van der Waals surface area contributed by atoms with E-state index in [0.717, 1.165) is 35.2 Å². The second kappa shape index (κ2) is 8.60. The number of morpholine rings is 1. The normalized spacial score (nSPS) is 18.4. The molecule has 2 aromatic rings. The highest BCUT2D eigenvalue weighted by atomic mass is 32.1. The molecule has 3 rings (SSSR count). The summed E-state index contributed by atoms with van der Waals surface area (Å²) in [6.07, 6.45) is 1.35. The number of nitrogens with zero attached hydrogens (tertiary/aromatic N) is 2. The minimum atomic E-state index is 0.0298. The molecule has 6 nitrogen and oxygen atoms in total. The van der Waals surface area contributed by atoms with Crippen LogP contribution >= 0.6 is 11.3 Å². The average molecular weight is 363 g/mol. The third-order valence-electron chi connectivity index (χ3n) is 4.29. The molecular weight excluding hydrogens is 338 g/mol. The molecule has 3 heterocycles. The predicted molar refractivity (Wildman–Crippen MR) is 96.4 cm³/mol. The number of nitrogens with one attached hydrogen (secondary N) is 1. The van der Waals surface area contributed by atoms with Crippen molar-refractivity contribution in [1.82, 2.24) is 15.2 Å². The van der Waals surface area contributed by atoms with Crippen LogP contribution in [0.3, 0.4) is 0 Å². The molecule has 0 radical (unpaired) electrons. The molecule has 0 saturated carbocycles. The zero-order valence-corrected chi connectivity index (χ0v) is 15.6. The Morgan fingerprint density at radius 1 is 1.48 bits per heavy atom. The third-order valence-corrected chi connectivity index (χ3v) is 5.34. The third kappa shape index (κ3) is 5.14. The molecular formula is C18H25N3O3S. The lowest BCUT2D eigenvalue weighted by Gasteiger charge is -2.34. The molecule has 1 amide bonds. The van der Waals surface area contributed by atoms with Crippen molar-refractivity contribution in [2.75, 3.05) is 19.8 Å². The lowest BCUT2D eigenvalue weighted by atomic mass is 10.1. The number of carbonyl (C=O) groups is 1. The number of rotatable bonds is 7. The zero-order chi connectivity index (χ0) is 17.6. The topological polar surface area (TPSA) is 67.6 Å². The van der Waals surface area contributed by atoms with E-state index in [0.29, 0.717) is 32.7 Å². The van der Waals surface area contributed by atoms with Gasteiger partial charge in [0, 0.05) is 24.4 Å². The first kappa shape index (κ1) is 18.1. The number of carbonyl (C=O) groups excluding carboxylic acids is 1. The molecule has 1 atom stereocenters. The van der Waals surface area contributed by atoms with Crippen LogP contribution in [0.2, 0.25) is 0 Å². The molecule has 25 heavy (non-hydrogen) atoms. The Bertz CT molecular complexity index is 697. The van der Waals surface area contributed by atoms with Gasteiger partial charge < -0.3 is 14.5 Å². The molecule has 1 fully saturated rings. The van der Waals surface area contributed by atoms with E-state index in [1.807, 2.05) is 24.4 Å². The number of thiazole rings is 1. The van der Waals surface area contributed by atoms with Gasteiger partial charge in [0.05, 0.1) is 37.0 Å². The standard InChI is InChI=1S/C18H25N3O3S/c1-3-18-20-14(12-25-18)9-19-17(22)8-15-11-23-7-6-21(15)10-16-5-4-13(2)24-16/h4-5,12,15H,3,6-11H2,1-2H3,(H,19,22)/t15-/m1/s1. The van der Waals surface area contributed by atoms with Gasteiger partial charge in [0.1, 0.15) is 11.5 Å². The minimum absolute atomic E-state index is 0.0298. The Morgan fingerprint density at radius 3 is 3.08 bits per heavy atom. The highest BCUT2D eigenvalue weighted by Crippen LogP contribution is 2.17. The highest BCUT2D eigenvalue weighted by Gasteiger charge is 2.26. The van der Waals surface area contributed by atoms with Crippen LogP contribution < -0.4 is 5.32 Å². The Kier molecular flexibility index (Phi) is 6.23. The fraction of sp³-hybridized carbons (Fsp3) is 0.556. The van der Waals surface area contributed by atoms with Crippen LogP contribution in [-0.2, 0) is 29.0 Å². The van der Waals surface area contributed by atoms with Gasteiger partial charge in [0.25, 0.3) is 0 Å². The van der Waals surface area contributed by atoms with Crippen molar-refractivity contribution < 1.29 is 13.9 Å². The summed E-state index contributed by atoms with van der Waals surface area (Å²) in [5.41, 5.74) is 0.929. The van der Waals surface area contributed by atoms with Crippen LogP contribution in [0.5, 0.6) is 0 Å². The molecule has 136 valence electrons. The first-order valence-electron chi connectivity index (χ1n) is 8.71. The van der Waals surface area contributed by atoms with E-state index < -0.39 is 0 Å². The largest absolute Gasteiger partial charge is 0.465 e. The van der Waals surface area contributed by atoms with Crippen LogP contribution in [0.15, 0.2) is 21.9 Å². The van der Waals surface area contributed by atoms with Gasteiger partial charge in [-0.3, -0.25) is 9.69 Å². The monoisotopic (exact) mass is 363 g/mol. The average Bonchev–Trinajstić information content (AvgIpc) is 3.23. The maximum Gasteiger partial charge on any atom is 0.221 e. The Morgan fingerprint density at radius 2 is 2.36 bits per heavy atom. The molecule has 0 spiro atoms. The van der Waals surface area contributed by atoms with E-state index in [9.17, 15) is 4.79 Å². The van der Waals surface area contributed by atoms with Crippen molar-refractivity contribution >= 4 is 17.2 Å². The van der Waals surface area contributed by atoms with E-state index in [4.69, 9.17) is 9.15 Å². The molecule has 0 aliphatic carbocycles. The smallest absolute Gasteiger partial charge is 0.221 e. The number of amides is 1. The fourth-order valence-electron chi connectivity index (χ4n) is 2.92. The molecule has 0 bridgehead atoms. The molecule has 7 heteroatoms. The van der Waals surface area contributed by atoms with Crippen molar-refractivity contribution in [2.45, 2.75) is 45.8 Å². The molecule has 1 aliphatic heterocycles. The predicted octanol–water partition coefficient (Wildman–Crippen LogP) is 2.51. The first-order valence-corrected chi connectivity index (χ1v) is 9.59. The van der Waals surface area contributed by atoms with E-state index >= 15 is 0 Å². The highest BCUT2D eigenvalue weighted by molar-refractivity contribution is 7.09. The fourth-order valence-corrected chi connectivity index (χ4v) is 3.67. The van der Waals surface area contributed by atoms with Gasteiger partial charge in [-0.15, -0.1) is 11.3 Å². The summed E-state index contributed by atoms with van der Waals surface area (Å²) in [5, 5.41) is 6.08. The van der Waals surface area contributed by atoms with Gasteiger partial charge >= 0.3 is 0 Å². The van der Waals surface area contributed by atoms with Crippen molar-refractivity contribution in [2.24, 2.45) is 0 Å². The Balaban J connectivity index is 1.50. The summed E-state index contributed by atoms with van der Waals surface area (Å²) < 4.78 is 11.2. The van der Waals surface area contributed by atoms with Crippen LogP contribution in [0, 0.1) is 6.92 Å². The molecule has 0 unspecified atom stereocenters. The number of ether oxygens (including phenoxy) is 1. The van der Waals surface area contributed by atoms with Crippen LogP contribution in [-0.4, -0.2) is 41.6 Å². The van der Waals surface area contributed by atoms with E-state index in [2.05, 4.69) is 22.1 Å². The van der Waals surface area contributed by atoms with Gasteiger partial charge in [-0.25, -0.2) is 4.98 Å². The van der Waals surface area contributed by atoms with Crippen molar-refractivity contribution in [1.29, 1.82) is 0 Å². The minimum Gasteiger partial charge on any atom is -0.465 e. The SMILES string of the molecule is CCc1nc(CNC(=O)C[C@@H]2COCCN2Cc2ccc(C)o2)cs1. The Labute approximate surface area is 152 Å². The van der Waals surface area contributed by atoms with E-state index in [-0.39, 0.29) is 11.9 Å². The van der Waals surface area contributed by atoms with Gasteiger partial charge in [-0.2, -0.15) is 0 Å². The Hall–Kier alpha value is -1.70. The van der Waals surface area contributed by atoms with Gasteiger partial charge in [0.2, 0.25) is 5.91 Å². The molecule has 1 aliphatic rings. The maximum absolute atomic E-state index is 12.3. The summed E-state index contributed by atoms with van der Waals surface area (Å²) in [7, 11) is 0. The van der Waals surface area contributed by atoms with Crippen molar-refractivity contribution in [3.05, 3.63) is 39.7 Å². The number of aromatic nitrogens is 1. The summed E-state index contributed by atoms with van der Waals surface area (Å²) in [5.74, 6) is 1.87. The maximum atomic E-state index is 12.3. The zero-order valence-electron chi connectivity index (χ0n) is 14.8. The molecule has 2 aromatic heterocycles. The summed E-state index contributed by atoms with van der Waals surface area (Å²) in [6.45, 7) is 7.29. The van der Waals surface area contributed by atoms with Gasteiger partial charge in [-0.05, 0) is 25.5 Å². The van der Waals surface area contributed by atoms with Crippen molar-refractivity contribution in [3.63, 3.8) is 0 Å². The lowest BCUT2D eigenvalue weighted by molar-refractivity contribution is -0.124. The number of hydrogen-bond donors (Lipinski definition) is 1. The van der Waals surface area contributed by atoms with Crippen LogP contribution in [0.25, 0.3) is 0 Å². The molecule has 0 aromatic carbocycles. The second-order valence-corrected chi connectivity index (χ2v) is 7.22. The van der Waals surface area contributed by atoms with Gasteiger partial charge in [0.15, 0.2) is 0 Å². The number of furan rings is 1. The number of hydrogen-bond acceptors (Lipinski definition) is 6. The van der Waals surface area contributed by atoms with Crippen molar-refractivity contribution in [3.8, 4) is 0 Å². The van der Waals surface area contributed by atoms with Gasteiger partial charge in [-0.1, -0.05) is 6.92 Å². The second-order valence-electron chi connectivity index (χ2n) is 6.28. The van der Waals surface area contributed by atoms with Crippen LogP contribution in [0.4, 0.5) is 0 Å². The summed E-state index contributed by atoms with van der Waals surface area (Å²) in [4.78, 5) is 19.1. The molecule has 1 saturated heterocycles. The quantitative estimate of drug-likeness (QED) is 0.819. The van der Waals surface area contributed by atoms with E-state index in [1.165, 1.54) is 0 Å². The number of aryl methyl sites for hydroxylation is 2.